The van der Waals surface area contributed by atoms with Gasteiger partial charge < -0.3 is 10.1 Å². The van der Waals surface area contributed by atoms with Crippen LogP contribution in [0.2, 0.25) is 0 Å². The van der Waals surface area contributed by atoms with E-state index in [1.165, 1.54) is 26.2 Å². The summed E-state index contributed by atoms with van der Waals surface area (Å²) in [7, 11) is 0. The van der Waals surface area contributed by atoms with E-state index in [4.69, 9.17) is 0 Å². The van der Waals surface area contributed by atoms with E-state index in [-0.39, 0.29) is 18.1 Å². The van der Waals surface area contributed by atoms with Crippen LogP contribution in [0.3, 0.4) is 0 Å². The average Bonchev–Trinajstić information content (AvgIpc) is 2.66. The summed E-state index contributed by atoms with van der Waals surface area (Å²) in [4.78, 5) is 20.4. The predicted octanol–water partition coefficient (Wildman–Crippen LogP) is 0.566. The quantitative estimate of drug-likeness (QED) is 0.463. The monoisotopic (exact) mass is 171 g/mol. The lowest BCUT2D eigenvalue weighted by Gasteiger charge is -2.25. The number of amides is 1. The number of esters is 1. The van der Waals surface area contributed by atoms with Crippen molar-refractivity contribution in [2.24, 2.45) is 0 Å². The van der Waals surface area contributed by atoms with E-state index in [0.29, 0.717) is 6.42 Å². The third kappa shape index (κ3) is 3.95. The fourth-order valence-electron chi connectivity index (χ4n) is 0.598. The van der Waals surface area contributed by atoms with Crippen molar-refractivity contribution in [2.45, 2.75) is 38.8 Å². The van der Waals surface area contributed by atoms with E-state index in [1.54, 1.807) is 0 Å². The van der Waals surface area contributed by atoms with Gasteiger partial charge in [0.1, 0.15) is 0 Å². The largest absolute Gasteiger partial charge is 0.441 e. The first-order chi connectivity index (χ1) is 5.68. The molecule has 1 unspecified atom stereocenters. The molecule has 1 amide bonds. The summed E-state index contributed by atoms with van der Waals surface area (Å²) in [6.45, 7) is 1.31. The Kier molecular flexibility index (Phi) is 3.08. The molecule has 12 heavy (non-hydrogen) atoms. The van der Waals surface area contributed by atoms with Crippen LogP contribution in [0.15, 0.2) is 0 Å². The highest BCUT2D eigenvalue weighted by Gasteiger charge is 2.27. The van der Waals surface area contributed by atoms with E-state index in [2.05, 4.69) is 10.1 Å². The normalized spacial score (nSPS) is 24.1. The second-order valence-corrected chi connectivity index (χ2v) is 2.93. The maximum absolute atomic E-state index is 10.2. The lowest BCUT2D eigenvalue weighted by Crippen LogP contribution is -2.50. The van der Waals surface area contributed by atoms with Crippen molar-refractivity contribution in [3.63, 3.8) is 0 Å². The number of hydrogen-bond acceptors (Lipinski definition) is 3. The van der Waals surface area contributed by atoms with Crippen molar-refractivity contribution >= 4 is 11.9 Å². The molecule has 0 aromatic rings. The summed E-state index contributed by atoms with van der Waals surface area (Å²) in [6.07, 6.45) is 4.44. The molecule has 2 aliphatic rings. The smallest absolute Gasteiger partial charge is 0.304 e. The van der Waals surface area contributed by atoms with Gasteiger partial charge in [0.05, 0.1) is 6.42 Å². The zero-order valence-corrected chi connectivity index (χ0v) is 7.13. The van der Waals surface area contributed by atoms with Crippen molar-refractivity contribution < 1.29 is 14.3 Å². The van der Waals surface area contributed by atoms with E-state index >= 15 is 0 Å². The standard InChI is InChI=1S/C5H7NO3.C3H6/c1-3(7)9-5-2-4(8)6-5;1-2-3-1/h5H,2H2,1H3,(H,6,8);1-3H2. The van der Waals surface area contributed by atoms with Gasteiger partial charge in [-0.25, -0.2) is 0 Å². The number of ether oxygens (including phenoxy) is 1. The van der Waals surface area contributed by atoms with Gasteiger partial charge in [-0.2, -0.15) is 0 Å². The topological polar surface area (TPSA) is 55.4 Å². The molecule has 0 radical (unpaired) electrons. The van der Waals surface area contributed by atoms with Crippen LogP contribution < -0.4 is 5.32 Å². The molecule has 2 rings (SSSR count). The van der Waals surface area contributed by atoms with Crippen LogP contribution in [0.25, 0.3) is 0 Å². The number of carbonyl (C=O) groups is 2. The minimum absolute atomic E-state index is 0.0683. The SMILES string of the molecule is C1CC1.CC(=O)OC1CC(=O)N1. The first kappa shape index (κ1) is 9.03. The van der Waals surface area contributed by atoms with Crippen LogP contribution in [-0.4, -0.2) is 18.1 Å². The molecule has 0 aromatic heterocycles. The molecule has 4 heteroatoms. The Morgan fingerprint density at radius 2 is 2.00 bits per heavy atom. The van der Waals surface area contributed by atoms with E-state index in [0.717, 1.165) is 0 Å². The van der Waals surface area contributed by atoms with Crippen LogP contribution in [0.1, 0.15) is 32.6 Å². The molecule has 1 aliphatic heterocycles. The van der Waals surface area contributed by atoms with E-state index in [9.17, 15) is 9.59 Å². The van der Waals surface area contributed by atoms with E-state index in [1.807, 2.05) is 0 Å². The molecule has 1 N–H and O–H groups in total. The Morgan fingerprint density at radius 3 is 2.25 bits per heavy atom. The minimum Gasteiger partial charge on any atom is -0.441 e. The minimum atomic E-state index is -0.366. The van der Waals surface area contributed by atoms with E-state index < -0.39 is 0 Å². The van der Waals surface area contributed by atoms with Crippen LogP contribution >= 0.6 is 0 Å². The first-order valence-corrected chi connectivity index (χ1v) is 4.15. The summed E-state index contributed by atoms with van der Waals surface area (Å²) in [6, 6.07) is 0. The number of nitrogens with one attached hydrogen (secondary N) is 1. The Morgan fingerprint density at radius 1 is 1.50 bits per heavy atom. The van der Waals surface area contributed by atoms with Gasteiger partial charge in [-0.05, 0) is 0 Å². The van der Waals surface area contributed by atoms with Gasteiger partial charge in [-0.1, -0.05) is 19.3 Å². The lowest BCUT2D eigenvalue weighted by atomic mass is 10.2. The first-order valence-electron chi connectivity index (χ1n) is 4.15. The third-order valence-electron chi connectivity index (χ3n) is 1.35. The highest BCUT2D eigenvalue weighted by Crippen LogP contribution is 2.14. The zero-order chi connectivity index (χ0) is 8.97. The number of β-lactam (4-membered cyclic amide) rings is 1. The highest BCUT2D eigenvalue weighted by atomic mass is 16.6. The molecule has 1 aliphatic carbocycles. The highest BCUT2D eigenvalue weighted by molar-refractivity contribution is 5.83. The van der Waals surface area contributed by atoms with Gasteiger partial charge in [-0.15, -0.1) is 0 Å². The summed E-state index contributed by atoms with van der Waals surface area (Å²) in [5.74, 6) is -0.429. The Bertz CT molecular complexity index is 178. The Labute approximate surface area is 71.3 Å². The molecular formula is C8H13NO3. The van der Waals surface area contributed by atoms with Crippen molar-refractivity contribution in [1.29, 1.82) is 0 Å². The fraction of sp³-hybridized carbons (Fsp3) is 0.750. The second kappa shape index (κ2) is 4.09. The maximum atomic E-state index is 10.2. The molecule has 2 fully saturated rings. The third-order valence-corrected chi connectivity index (χ3v) is 1.35. The lowest BCUT2D eigenvalue weighted by molar-refractivity contribution is -0.158. The van der Waals surface area contributed by atoms with Gasteiger partial charge in [0.2, 0.25) is 5.91 Å². The maximum Gasteiger partial charge on any atom is 0.304 e. The van der Waals surface area contributed by atoms with Crippen LogP contribution in [-0.2, 0) is 14.3 Å². The van der Waals surface area contributed by atoms with Crippen molar-refractivity contribution in [1.82, 2.24) is 5.32 Å². The summed E-state index contributed by atoms with van der Waals surface area (Å²) in [5, 5.41) is 2.39. The summed E-state index contributed by atoms with van der Waals surface area (Å²) < 4.78 is 4.59. The molecule has 1 heterocycles. The van der Waals surface area contributed by atoms with Gasteiger partial charge in [-0.3, -0.25) is 9.59 Å². The van der Waals surface area contributed by atoms with Gasteiger partial charge in [0, 0.05) is 6.92 Å². The summed E-state index contributed by atoms with van der Waals surface area (Å²) in [5.41, 5.74) is 0. The number of hydrogen-bond donors (Lipinski definition) is 1. The Hall–Kier alpha value is -1.06. The van der Waals surface area contributed by atoms with Crippen molar-refractivity contribution in [3.05, 3.63) is 0 Å². The molecule has 4 nitrogen and oxygen atoms in total. The molecule has 0 spiro atoms. The second-order valence-electron chi connectivity index (χ2n) is 2.93. The number of rotatable bonds is 1. The average molecular weight is 171 g/mol. The van der Waals surface area contributed by atoms with Gasteiger partial charge >= 0.3 is 5.97 Å². The predicted molar refractivity (Wildman–Crippen MR) is 42.2 cm³/mol. The molecule has 0 bridgehead atoms. The molecule has 0 aromatic carbocycles. The summed E-state index contributed by atoms with van der Waals surface area (Å²) >= 11 is 0. The molecule has 1 atom stereocenters. The van der Waals surface area contributed by atoms with Crippen LogP contribution in [0.4, 0.5) is 0 Å². The molecule has 68 valence electrons. The fourth-order valence-corrected chi connectivity index (χ4v) is 0.598. The molecule has 1 saturated carbocycles. The van der Waals surface area contributed by atoms with Crippen LogP contribution in [0, 0.1) is 0 Å². The molecular weight excluding hydrogens is 158 g/mol. The van der Waals surface area contributed by atoms with Crippen LogP contribution in [0.5, 0.6) is 0 Å². The van der Waals surface area contributed by atoms with Gasteiger partial charge in [0.15, 0.2) is 6.23 Å². The van der Waals surface area contributed by atoms with Gasteiger partial charge in [0.25, 0.3) is 0 Å². The number of carbonyl (C=O) groups excluding carboxylic acids is 2. The van der Waals surface area contributed by atoms with Crippen molar-refractivity contribution in [2.75, 3.05) is 0 Å². The van der Waals surface area contributed by atoms with Crippen molar-refractivity contribution in [3.8, 4) is 0 Å². The zero-order valence-electron chi connectivity index (χ0n) is 7.13. The Balaban J connectivity index is 0.000000200. The molecule has 1 saturated heterocycles.